The monoisotopic (exact) mass is 333 g/mol. The topological polar surface area (TPSA) is 37.2 Å². The van der Waals surface area contributed by atoms with Gasteiger partial charge >= 0.3 is 0 Å². The van der Waals surface area contributed by atoms with Gasteiger partial charge in [-0.3, -0.25) is 9.98 Å². The van der Waals surface area contributed by atoms with E-state index in [9.17, 15) is 0 Å². The van der Waals surface area contributed by atoms with E-state index in [2.05, 4.69) is 55.1 Å². The molecule has 0 radical (unpaired) electrons. The van der Waals surface area contributed by atoms with E-state index in [-0.39, 0.29) is 6.10 Å². The predicted molar refractivity (Wildman–Crippen MR) is 100 cm³/mol. The van der Waals surface area contributed by atoms with Crippen LogP contribution in [0.5, 0.6) is 0 Å². The molecule has 0 bridgehead atoms. The molecule has 126 valence electrons. The van der Waals surface area contributed by atoms with Crippen LogP contribution in [-0.2, 0) is 4.74 Å². The van der Waals surface area contributed by atoms with Gasteiger partial charge in [-0.15, -0.1) is 0 Å². The summed E-state index contributed by atoms with van der Waals surface area (Å²) in [4.78, 5) is 10.0. The van der Waals surface area contributed by atoms with Gasteiger partial charge in [-0.05, 0) is 69.1 Å². The maximum atomic E-state index is 5.32. The largest absolute Gasteiger partial charge is 0.380 e. The standard InChI is InChI=1S/C18H27N3OS/c1-13-6-8-16(20-11-13)15-7-9-18(17(10-15)19-3)23-21(4)12-14(2)22-5/h7,9-10,13-14H,3,6,8,11-12H2,1-2,4-5H3/t13-,14-/m0/s1. The zero-order chi connectivity index (χ0) is 16.8. The molecule has 1 aliphatic rings. The van der Waals surface area contributed by atoms with Gasteiger partial charge in [0.1, 0.15) is 0 Å². The zero-order valence-corrected chi connectivity index (χ0v) is 15.4. The van der Waals surface area contributed by atoms with Gasteiger partial charge in [0.15, 0.2) is 0 Å². The van der Waals surface area contributed by atoms with Crippen LogP contribution in [0.15, 0.2) is 33.1 Å². The molecule has 1 aromatic carbocycles. The van der Waals surface area contributed by atoms with Crippen molar-refractivity contribution in [2.75, 3.05) is 27.2 Å². The lowest BCUT2D eigenvalue weighted by Crippen LogP contribution is -2.23. The van der Waals surface area contributed by atoms with Gasteiger partial charge < -0.3 is 4.74 Å². The summed E-state index contributed by atoms with van der Waals surface area (Å²) in [7, 11) is 3.80. The van der Waals surface area contributed by atoms with Crippen LogP contribution >= 0.6 is 11.9 Å². The molecule has 2 atom stereocenters. The maximum Gasteiger partial charge on any atom is 0.0778 e. The molecule has 0 unspecified atom stereocenters. The molecule has 4 nitrogen and oxygen atoms in total. The average molecular weight is 334 g/mol. The average Bonchev–Trinajstić information content (AvgIpc) is 2.55. The van der Waals surface area contributed by atoms with Crippen molar-refractivity contribution in [3.63, 3.8) is 0 Å². The Morgan fingerprint density at radius 3 is 2.91 bits per heavy atom. The second-order valence-electron chi connectivity index (χ2n) is 6.22. The lowest BCUT2D eigenvalue weighted by atomic mass is 9.96. The highest BCUT2D eigenvalue weighted by molar-refractivity contribution is 7.97. The first-order valence-electron chi connectivity index (χ1n) is 8.09. The Balaban J connectivity index is 2.12. The highest BCUT2D eigenvalue weighted by Crippen LogP contribution is 2.33. The Labute approximate surface area is 144 Å². The summed E-state index contributed by atoms with van der Waals surface area (Å²) in [5.41, 5.74) is 3.30. The van der Waals surface area contributed by atoms with Crippen LogP contribution in [0.2, 0.25) is 0 Å². The second-order valence-corrected chi connectivity index (χ2v) is 7.47. The normalized spacial score (nSPS) is 19.5. The zero-order valence-electron chi connectivity index (χ0n) is 14.6. The van der Waals surface area contributed by atoms with E-state index in [1.54, 1.807) is 19.1 Å². The molecule has 0 aromatic heterocycles. The van der Waals surface area contributed by atoms with Gasteiger partial charge in [-0.1, -0.05) is 13.0 Å². The van der Waals surface area contributed by atoms with E-state index in [1.165, 1.54) is 17.7 Å². The van der Waals surface area contributed by atoms with Crippen molar-refractivity contribution in [1.29, 1.82) is 0 Å². The van der Waals surface area contributed by atoms with Crippen molar-refractivity contribution in [2.45, 2.75) is 37.7 Å². The summed E-state index contributed by atoms with van der Waals surface area (Å²) < 4.78 is 7.48. The van der Waals surface area contributed by atoms with Gasteiger partial charge in [0, 0.05) is 30.8 Å². The molecule has 1 aromatic rings. The number of rotatable bonds is 7. The molecular weight excluding hydrogens is 306 g/mol. The molecule has 0 spiro atoms. The smallest absolute Gasteiger partial charge is 0.0778 e. The molecule has 0 N–H and O–H groups in total. The summed E-state index contributed by atoms with van der Waals surface area (Å²) in [6.45, 7) is 9.83. The molecule has 2 rings (SSSR count). The number of hydrogen-bond donors (Lipinski definition) is 0. The number of aliphatic imine (C=N–C) groups is 2. The third kappa shape index (κ3) is 5.16. The van der Waals surface area contributed by atoms with E-state index >= 15 is 0 Å². The lowest BCUT2D eigenvalue weighted by Gasteiger charge is -2.21. The Kier molecular flexibility index (Phi) is 6.81. The minimum Gasteiger partial charge on any atom is -0.380 e. The van der Waals surface area contributed by atoms with E-state index < -0.39 is 0 Å². The summed E-state index contributed by atoms with van der Waals surface area (Å²) in [6.07, 6.45) is 2.46. The van der Waals surface area contributed by atoms with Crippen molar-refractivity contribution in [2.24, 2.45) is 15.9 Å². The van der Waals surface area contributed by atoms with E-state index in [0.717, 1.165) is 30.1 Å². The first-order chi connectivity index (χ1) is 11.0. The van der Waals surface area contributed by atoms with Crippen LogP contribution in [0.1, 0.15) is 32.3 Å². The minimum absolute atomic E-state index is 0.200. The van der Waals surface area contributed by atoms with Crippen molar-refractivity contribution >= 4 is 30.1 Å². The SMILES string of the molecule is C=Nc1cc(C2=NC[C@@H](C)CC2)ccc1SN(C)C[C@H](C)OC. The number of ether oxygens (including phenoxy) is 1. The number of methoxy groups -OCH3 is 1. The summed E-state index contributed by atoms with van der Waals surface area (Å²) in [6, 6.07) is 6.38. The van der Waals surface area contributed by atoms with Gasteiger partial charge in [0.2, 0.25) is 0 Å². The molecule has 0 saturated heterocycles. The molecule has 23 heavy (non-hydrogen) atoms. The molecule has 0 saturated carbocycles. The molecular formula is C18H27N3OS. The molecule has 0 amide bonds. The van der Waals surface area contributed by atoms with E-state index in [1.807, 2.05) is 0 Å². The predicted octanol–water partition coefficient (Wildman–Crippen LogP) is 4.21. The number of hydrogen-bond acceptors (Lipinski definition) is 5. The highest BCUT2D eigenvalue weighted by atomic mass is 32.2. The van der Waals surface area contributed by atoms with Crippen LogP contribution in [0.25, 0.3) is 0 Å². The summed E-state index contributed by atoms with van der Waals surface area (Å²) in [5, 5.41) is 0. The Bertz CT molecular complexity index is 573. The highest BCUT2D eigenvalue weighted by Gasteiger charge is 2.15. The van der Waals surface area contributed by atoms with Crippen LogP contribution < -0.4 is 0 Å². The van der Waals surface area contributed by atoms with Gasteiger partial charge in [0.05, 0.1) is 11.8 Å². The quantitative estimate of drug-likeness (QED) is 0.554. The van der Waals surface area contributed by atoms with Crippen molar-refractivity contribution in [3.05, 3.63) is 23.8 Å². The summed E-state index contributed by atoms with van der Waals surface area (Å²) in [5.74, 6) is 0.696. The van der Waals surface area contributed by atoms with Crippen LogP contribution in [0, 0.1) is 5.92 Å². The molecule has 0 fully saturated rings. The van der Waals surface area contributed by atoms with Crippen molar-refractivity contribution < 1.29 is 4.74 Å². The fourth-order valence-electron chi connectivity index (χ4n) is 2.59. The van der Waals surface area contributed by atoms with Crippen molar-refractivity contribution in [1.82, 2.24) is 4.31 Å². The molecule has 1 heterocycles. The third-order valence-corrected chi connectivity index (χ3v) is 5.10. The Morgan fingerprint density at radius 2 is 2.30 bits per heavy atom. The Morgan fingerprint density at radius 1 is 1.52 bits per heavy atom. The van der Waals surface area contributed by atoms with E-state index in [0.29, 0.717) is 5.92 Å². The maximum absolute atomic E-state index is 5.32. The Hall–Kier alpha value is -1.17. The fourth-order valence-corrected chi connectivity index (χ4v) is 3.56. The van der Waals surface area contributed by atoms with E-state index in [4.69, 9.17) is 9.73 Å². The van der Waals surface area contributed by atoms with Crippen LogP contribution in [0.4, 0.5) is 5.69 Å². The third-order valence-electron chi connectivity index (χ3n) is 4.10. The molecule has 5 heteroatoms. The van der Waals surface area contributed by atoms with Crippen LogP contribution in [0.3, 0.4) is 0 Å². The fraction of sp³-hybridized carbons (Fsp3) is 0.556. The number of benzene rings is 1. The van der Waals surface area contributed by atoms with Gasteiger partial charge in [-0.25, -0.2) is 4.31 Å². The molecule has 0 aliphatic carbocycles. The number of nitrogens with zero attached hydrogens (tertiary/aromatic N) is 3. The van der Waals surface area contributed by atoms with Crippen molar-refractivity contribution in [3.8, 4) is 0 Å². The first kappa shape index (κ1) is 18.2. The lowest BCUT2D eigenvalue weighted by molar-refractivity contribution is 0.106. The minimum atomic E-state index is 0.200. The van der Waals surface area contributed by atoms with Gasteiger partial charge in [0.25, 0.3) is 0 Å². The first-order valence-corrected chi connectivity index (χ1v) is 8.87. The van der Waals surface area contributed by atoms with Gasteiger partial charge in [-0.2, -0.15) is 0 Å². The number of likely N-dealkylation sites (N-methyl/N-ethyl adjacent to an activating group) is 1. The molecule has 1 aliphatic heterocycles. The summed E-state index contributed by atoms with van der Waals surface area (Å²) >= 11 is 1.67. The van der Waals surface area contributed by atoms with Crippen LogP contribution in [-0.4, -0.2) is 50.1 Å². The second kappa shape index (κ2) is 8.62.